The van der Waals surface area contributed by atoms with Crippen LogP contribution in [0.1, 0.15) is 18.4 Å². The minimum absolute atomic E-state index is 0.0329. The van der Waals surface area contributed by atoms with Gasteiger partial charge in [-0.05, 0) is 35.2 Å². The van der Waals surface area contributed by atoms with E-state index in [0.717, 1.165) is 10.5 Å². The van der Waals surface area contributed by atoms with Crippen LogP contribution in [0.15, 0.2) is 16.8 Å². The van der Waals surface area contributed by atoms with Gasteiger partial charge >= 0.3 is 12.1 Å². The van der Waals surface area contributed by atoms with Crippen molar-refractivity contribution in [2.24, 2.45) is 5.92 Å². The van der Waals surface area contributed by atoms with Crippen molar-refractivity contribution < 1.29 is 22.8 Å². The number of alkyl halides is 3. The minimum Gasteiger partial charge on any atom is -0.352 e. The van der Waals surface area contributed by atoms with Crippen molar-refractivity contribution in [3.8, 4) is 0 Å². The molecule has 0 saturated carbocycles. The average molecular weight is 320 g/mol. The van der Waals surface area contributed by atoms with Crippen LogP contribution in [0.5, 0.6) is 0 Å². The fourth-order valence-corrected chi connectivity index (χ4v) is 2.92. The Labute approximate surface area is 123 Å². The Morgan fingerprint density at radius 2 is 2.00 bits per heavy atom. The van der Waals surface area contributed by atoms with Gasteiger partial charge in [-0.15, -0.1) is 0 Å². The minimum atomic E-state index is -4.84. The summed E-state index contributed by atoms with van der Waals surface area (Å²) in [6.45, 7) is 0.355. The number of amides is 2. The quantitative estimate of drug-likeness (QED) is 0.928. The Bertz CT molecular complexity index is 494. The van der Waals surface area contributed by atoms with Crippen molar-refractivity contribution in [3.05, 3.63) is 22.4 Å². The monoisotopic (exact) mass is 320 g/mol. The molecule has 1 aliphatic rings. The summed E-state index contributed by atoms with van der Waals surface area (Å²) >= 11 is 1.53. The summed E-state index contributed by atoms with van der Waals surface area (Å²) in [6.07, 6.45) is -4.32. The second-order valence-corrected chi connectivity index (χ2v) is 5.69. The molecule has 1 aromatic heterocycles. The molecule has 0 radical (unpaired) electrons. The van der Waals surface area contributed by atoms with E-state index in [1.807, 2.05) is 16.8 Å². The van der Waals surface area contributed by atoms with Crippen LogP contribution in [0.4, 0.5) is 13.2 Å². The molecule has 8 heteroatoms. The van der Waals surface area contributed by atoms with E-state index in [1.165, 1.54) is 11.3 Å². The number of rotatable bonds is 3. The van der Waals surface area contributed by atoms with E-state index < -0.39 is 12.1 Å². The SMILES string of the molecule is O=C(NCc1ccsc1)C1CCN(C(=O)C(F)(F)F)CC1. The van der Waals surface area contributed by atoms with Gasteiger partial charge in [-0.25, -0.2) is 0 Å². The standard InChI is InChI=1S/C13H15F3N2O2S/c14-13(15,16)12(20)18-4-1-10(2-5-18)11(19)17-7-9-3-6-21-8-9/h3,6,8,10H,1-2,4-5,7H2,(H,17,19). The summed E-state index contributed by atoms with van der Waals surface area (Å²) in [5.74, 6) is -2.32. The molecule has 1 aliphatic heterocycles. The van der Waals surface area contributed by atoms with E-state index in [1.54, 1.807) is 0 Å². The lowest BCUT2D eigenvalue weighted by Crippen LogP contribution is -2.47. The largest absolute Gasteiger partial charge is 0.471 e. The summed E-state index contributed by atoms with van der Waals surface area (Å²) in [6, 6.07) is 1.90. The molecule has 0 atom stereocenters. The molecule has 116 valence electrons. The molecule has 1 N–H and O–H groups in total. The van der Waals surface area contributed by atoms with E-state index in [-0.39, 0.29) is 37.8 Å². The number of halogens is 3. The lowest BCUT2D eigenvalue weighted by Gasteiger charge is -2.31. The van der Waals surface area contributed by atoms with Gasteiger partial charge in [0, 0.05) is 25.6 Å². The van der Waals surface area contributed by atoms with Gasteiger partial charge in [0.1, 0.15) is 0 Å². The molecular weight excluding hydrogens is 305 g/mol. The highest BCUT2D eigenvalue weighted by molar-refractivity contribution is 7.07. The summed E-state index contributed by atoms with van der Waals surface area (Å²) in [5, 5.41) is 6.60. The normalized spacial score (nSPS) is 16.8. The lowest BCUT2D eigenvalue weighted by atomic mass is 9.95. The summed E-state index contributed by atoms with van der Waals surface area (Å²) in [5.41, 5.74) is 0.998. The van der Waals surface area contributed by atoms with Crippen molar-refractivity contribution in [3.63, 3.8) is 0 Å². The predicted molar refractivity (Wildman–Crippen MR) is 71.5 cm³/mol. The Balaban J connectivity index is 1.78. The first kappa shape index (κ1) is 15.8. The highest BCUT2D eigenvalue weighted by Crippen LogP contribution is 2.24. The van der Waals surface area contributed by atoms with E-state index in [2.05, 4.69) is 5.32 Å². The second kappa shape index (κ2) is 6.46. The van der Waals surface area contributed by atoms with Crippen LogP contribution in [0.25, 0.3) is 0 Å². The van der Waals surface area contributed by atoms with Gasteiger partial charge in [0.2, 0.25) is 5.91 Å². The van der Waals surface area contributed by atoms with E-state index in [0.29, 0.717) is 6.54 Å². The van der Waals surface area contributed by atoms with Gasteiger partial charge in [-0.3, -0.25) is 9.59 Å². The van der Waals surface area contributed by atoms with Gasteiger partial charge in [0.25, 0.3) is 0 Å². The Morgan fingerprint density at radius 1 is 1.33 bits per heavy atom. The van der Waals surface area contributed by atoms with E-state index in [9.17, 15) is 22.8 Å². The summed E-state index contributed by atoms with van der Waals surface area (Å²) < 4.78 is 36.9. The Hall–Kier alpha value is -1.57. The zero-order valence-corrected chi connectivity index (χ0v) is 12.0. The molecule has 1 fully saturated rings. The molecule has 1 saturated heterocycles. The molecule has 0 spiro atoms. The zero-order valence-electron chi connectivity index (χ0n) is 11.2. The van der Waals surface area contributed by atoms with Crippen molar-refractivity contribution in [2.45, 2.75) is 25.6 Å². The van der Waals surface area contributed by atoms with Crippen LogP contribution in [-0.2, 0) is 16.1 Å². The number of piperidine rings is 1. The number of carbonyl (C=O) groups is 2. The maximum atomic E-state index is 12.3. The van der Waals surface area contributed by atoms with Crippen molar-refractivity contribution in [1.29, 1.82) is 0 Å². The van der Waals surface area contributed by atoms with Crippen molar-refractivity contribution >= 4 is 23.2 Å². The Morgan fingerprint density at radius 3 is 2.52 bits per heavy atom. The molecule has 2 heterocycles. The van der Waals surface area contributed by atoms with Crippen LogP contribution in [0.2, 0.25) is 0 Å². The lowest BCUT2D eigenvalue weighted by molar-refractivity contribution is -0.186. The number of thiophene rings is 1. The fraction of sp³-hybridized carbons (Fsp3) is 0.538. The Kier molecular flexibility index (Phi) is 4.87. The average Bonchev–Trinajstić information content (AvgIpc) is 2.96. The fourth-order valence-electron chi connectivity index (χ4n) is 2.25. The molecule has 0 aliphatic carbocycles. The number of hydrogen-bond donors (Lipinski definition) is 1. The first-order valence-electron chi connectivity index (χ1n) is 6.53. The second-order valence-electron chi connectivity index (χ2n) is 4.91. The zero-order chi connectivity index (χ0) is 15.5. The molecule has 2 rings (SSSR count). The highest BCUT2D eigenvalue weighted by Gasteiger charge is 2.43. The number of hydrogen-bond acceptors (Lipinski definition) is 3. The van der Waals surface area contributed by atoms with Gasteiger partial charge in [0.05, 0.1) is 0 Å². The van der Waals surface area contributed by atoms with Gasteiger partial charge < -0.3 is 10.2 Å². The van der Waals surface area contributed by atoms with Crippen molar-refractivity contribution in [2.75, 3.05) is 13.1 Å². The highest BCUT2D eigenvalue weighted by atomic mass is 32.1. The number of likely N-dealkylation sites (tertiary alicyclic amines) is 1. The molecule has 0 aromatic carbocycles. The van der Waals surface area contributed by atoms with E-state index >= 15 is 0 Å². The smallest absolute Gasteiger partial charge is 0.352 e. The first-order valence-corrected chi connectivity index (χ1v) is 7.47. The third-order valence-corrected chi connectivity index (χ3v) is 4.17. The van der Waals surface area contributed by atoms with Gasteiger partial charge in [-0.1, -0.05) is 0 Å². The van der Waals surface area contributed by atoms with Gasteiger partial charge in [-0.2, -0.15) is 24.5 Å². The maximum Gasteiger partial charge on any atom is 0.471 e. The number of nitrogens with one attached hydrogen (secondary N) is 1. The molecule has 4 nitrogen and oxygen atoms in total. The maximum absolute atomic E-state index is 12.3. The molecule has 0 bridgehead atoms. The summed E-state index contributed by atoms with van der Waals surface area (Å²) in [7, 11) is 0. The topological polar surface area (TPSA) is 49.4 Å². The first-order chi connectivity index (χ1) is 9.88. The van der Waals surface area contributed by atoms with Crippen LogP contribution in [0.3, 0.4) is 0 Å². The van der Waals surface area contributed by atoms with Crippen LogP contribution in [0, 0.1) is 5.92 Å². The van der Waals surface area contributed by atoms with Crippen LogP contribution in [-0.4, -0.2) is 36.0 Å². The third kappa shape index (κ3) is 4.20. The van der Waals surface area contributed by atoms with Crippen LogP contribution >= 0.6 is 11.3 Å². The molecule has 21 heavy (non-hydrogen) atoms. The van der Waals surface area contributed by atoms with E-state index in [4.69, 9.17) is 0 Å². The molecule has 0 unspecified atom stereocenters. The number of carbonyl (C=O) groups excluding carboxylic acids is 2. The van der Waals surface area contributed by atoms with Gasteiger partial charge in [0.15, 0.2) is 0 Å². The molecule has 1 aromatic rings. The summed E-state index contributed by atoms with van der Waals surface area (Å²) in [4.78, 5) is 23.8. The molecular formula is C13H15F3N2O2S. The predicted octanol–water partition coefficient (Wildman–Crippen LogP) is 2.17. The number of nitrogens with zero attached hydrogens (tertiary/aromatic N) is 1. The molecule has 2 amide bonds. The van der Waals surface area contributed by atoms with Crippen LogP contribution < -0.4 is 5.32 Å². The third-order valence-electron chi connectivity index (χ3n) is 3.44. The van der Waals surface area contributed by atoms with Crippen molar-refractivity contribution in [1.82, 2.24) is 10.2 Å².